The number of nitrogens with zero attached hydrogens (tertiary/aromatic N) is 4. The molecule has 92 valence electrons. The molecule has 17 heavy (non-hydrogen) atoms. The lowest BCUT2D eigenvalue weighted by atomic mass is 9.95. The van der Waals surface area contributed by atoms with Gasteiger partial charge in [-0.15, -0.1) is 10.2 Å². The van der Waals surface area contributed by atoms with Crippen molar-refractivity contribution in [3.63, 3.8) is 0 Å². The van der Waals surface area contributed by atoms with Gasteiger partial charge in [-0.3, -0.25) is 0 Å². The molecule has 2 aromatic heterocycles. The van der Waals surface area contributed by atoms with Gasteiger partial charge >= 0.3 is 0 Å². The topological polar surface area (TPSA) is 55.1 Å². The summed E-state index contributed by atoms with van der Waals surface area (Å²) in [6.45, 7) is 5.40. The van der Waals surface area contributed by atoms with Gasteiger partial charge in [0, 0.05) is 6.42 Å². The maximum Gasteiger partial charge on any atom is 0.234 e. The van der Waals surface area contributed by atoms with E-state index in [9.17, 15) is 0 Å². The number of rotatable bonds is 3. The van der Waals surface area contributed by atoms with Crippen LogP contribution < -0.4 is 5.32 Å². The molecular formula is C11H17N5S. The molecule has 1 aliphatic rings. The Balaban J connectivity index is 2.08. The molecule has 3 heterocycles. The second-order valence-electron chi connectivity index (χ2n) is 4.54. The SMILES string of the molecule is CCc1nnc2sc(C3(CC)CCCN3)nn12. The molecule has 0 bridgehead atoms. The van der Waals surface area contributed by atoms with Gasteiger partial charge in [0.1, 0.15) is 5.01 Å². The molecule has 0 saturated carbocycles. The van der Waals surface area contributed by atoms with Crippen LogP contribution in [0.5, 0.6) is 0 Å². The number of aromatic nitrogens is 4. The molecule has 0 amide bonds. The second kappa shape index (κ2) is 4.03. The minimum absolute atomic E-state index is 0.0797. The van der Waals surface area contributed by atoms with Gasteiger partial charge in [-0.05, 0) is 25.8 Å². The van der Waals surface area contributed by atoms with Crippen LogP contribution in [0.2, 0.25) is 0 Å². The molecule has 1 saturated heterocycles. The Morgan fingerprint density at radius 3 is 2.94 bits per heavy atom. The Bertz CT molecular complexity index is 523. The van der Waals surface area contributed by atoms with Gasteiger partial charge in [0.05, 0.1) is 5.54 Å². The summed E-state index contributed by atoms with van der Waals surface area (Å²) in [6.07, 6.45) is 4.36. The highest BCUT2D eigenvalue weighted by Gasteiger charge is 2.37. The Morgan fingerprint density at radius 1 is 1.41 bits per heavy atom. The first-order valence-electron chi connectivity index (χ1n) is 6.25. The van der Waals surface area contributed by atoms with Crippen molar-refractivity contribution in [2.45, 2.75) is 45.1 Å². The van der Waals surface area contributed by atoms with E-state index in [1.165, 1.54) is 12.8 Å². The minimum Gasteiger partial charge on any atom is -0.305 e. The van der Waals surface area contributed by atoms with Crippen molar-refractivity contribution in [1.29, 1.82) is 0 Å². The standard InChI is InChI=1S/C11H17N5S/c1-3-8-13-14-10-16(8)15-9(17-10)11(4-2)6-5-7-12-11/h12H,3-7H2,1-2H3. The lowest BCUT2D eigenvalue weighted by Crippen LogP contribution is -2.36. The molecule has 0 aliphatic carbocycles. The molecule has 1 atom stereocenters. The fourth-order valence-electron chi connectivity index (χ4n) is 2.51. The van der Waals surface area contributed by atoms with Gasteiger partial charge in [-0.2, -0.15) is 9.61 Å². The van der Waals surface area contributed by atoms with Gasteiger partial charge in [0.2, 0.25) is 4.96 Å². The molecule has 0 radical (unpaired) electrons. The molecule has 1 aliphatic heterocycles. The monoisotopic (exact) mass is 251 g/mol. The fraction of sp³-hybridized carbons (Fsp3) is 0.727. The van der Waals surface area contributed by atoms with Crippen molar-refractivity contribution in [3.8, 4) is 0 Å². The van der Waals surface area contributed by atoms with Crippen LogP contribution >= 0.6 is 11.3 Å². The highest BCUT2D eigenvalue weighted by Crippen LogP contribution is 2.36. The zero-order chi connectivity index (χ0) is 11.9. The minimum atomic E-state index is 0.0797. The van der Waals surface area contributed by atoms with E-state index in [1.807, 2.05) is 4.52 Å². The third kappa shape index (κ3) is 1.58. The van der Waals surface area contributed by atoms with E-state index in [-0.39, 0.29) is 5.54 Å². The molecule has 1 N–H and O–H groups in total. The summed E-state index contributed by atoms with van der Waals surface area (Å²) in [5, 5.41) is 17.8. The zero-order valence-electron chi connectivity index (χ0n) is 10.2. The lowest BCUT2D eigenvalue weighted by molar-refractivity contribution is 0.370. The number of aryl methyl sites for hydroxylation is 1. The second-order valence-corrected chi connectivity index (χ2v) is 5.49. The van der Waals surface area contributed by atoms with Crippen molar-refractivity contribution in [2.75, 3.05) is 6.54 Å². The molecule has 0 aromatic carbocycles. The third-order valence-corrected chi connectivity index (χ3v) is 4.73. The molecule has 0 spiro atoms. The van der Waals surface area contributed by atoms with Crippen LogP contribution in [0.25, 0.3) is 4.96 Å². The average molecular weight is 251 g/mol. The van der Waals surface area contributed by atoms with Crippen molar-refractivity contribution in [3.05, 3.63) is 10.8 Å². The van der Waals surface area contributed by atoms with Crippen molar-refractivity contribution < 1.29 is 0 Å². The molecule has 3 rings (SSSR count). The van der Waals surface area contributed by atoms with Gasteiger partial charge in [-0.1, -0.05) is 25.2 Å². The molecule has 6 heteroatoms. The Labute approximate surface area is 104 Å². The molecule has 1 fully saturated rings. The summed E-state index contributed by atoms with van der Waals surface area (Å²) in [5.41, 5.74) is 0.0797. The summed E-state index contributed by atoms with van der Waals surface area (Å²) < 4.78 is 1.90. The molecule has 1 unspecified atom stereocenters. The summed E-state index contributed by atoms with van der Waals surface area (Å²) in [7, 11) is 0. The van der Waals surface area contributed by atoms with E-state index in [2.05, 4.69) is 29.4 Å². The van der Waals surface area contributed by atoms with Crippen molar-refractivity contribution >= 4 is 16.3 Å². The van der Waals surface area contributed by atoms with Crippen molar-refractivity contribution in [1.82, 2.24) is 25.1 Å². The van der Waals surface area contributed by atoms with Crippen LogP contribution in [0.1, 0.15) is 43.9 Å². The smallest absolute Gasteiger partial charge is 0.234 e. The predicted octanol–water partition coefficient (Wildman–Crippen LogP) is 1.74. The Kier molecular flexibility index (Phi) is 2.63. The van der Waals surface area contributed by atoms with Crippen LogP contribution in [0, 0.1) is 0 Å². The van der Waals surface area contributed by atoms with Crippen LogP contribution in [-0.2, 0) is 12.0 Å². The normalized spacial score (nSPS) is 24.8. The van der Waals surface area contributed by atoms with E-state index < -0.39 is 0 Å². The average Bonchev–Trinajstić information content (AvgIpc) is 3.03. The number of nitrogens with one attached hydrogen (secondary N) is 1. The third-order valence-electron chi connectivity index (χ3n) is 3.63. The highest BCUT2D eigenvalue weighted by atomic mass is 32.1. The fourth-order valence-corrected chi connectivity index (χ4v) is 3.64. The molecule has 2 aromatic rings. The number of fused-ring (bicyclic) bond motifs is 1. The van der Waals surface area contributed by atoms with Crippen LogP contribution in [0.4, 0.5) is 0 Å². The van der Waals surface area contributed by atoms with E-state index in [1.54, 1.807) is 11.3 Å². The van der Waals surface area contributed by atoms with Crippen LogP contribution in [-0.4, -0.2) is 26.4 Å². The summed E-state index contributed by atoms with van der Waals surface area (Å²) >= 11 is 1.67. The maximum atomic E-state index is 4.72. The van der Waals surface area contributed by atoms with E-state index in [0.717, 1.165) is 35.2 Å². The van der Waals surface area contributed by atoms with Gasteiger partial charge < -0.3 is 5.32 Å². The van der Waals surface area contributed by atoms with Crippen LogP contribution in [0.3, 0.4) is 0 Å². The molecule has 5 nitrogen and oxygen atoms in total. The first-order valence-corrected chi connectivity index (χ1v) is 7.07. The largest absolute Gasteiger partial charge is 0.305 e. The van der Waals surface area contributed by atoms with Crippen molar-refractivity contribution in [2.24, 2.45) is 0 Å². The summed E-state index contributed by atoms with van der Waals surface area (Å²) in [5.74, 6) is 0.951. The first kappa shape index (κ1) is 11.1. The van der Waals surface area contributed by atoms with E-state index >= 15 is 0 Å². The summed E-state index contributed by atoms with van der Waals surface area (Å²) in [4.78, 5) is 0.915. The number of hydrogen-bond donors (Lipinski definition) is 1. The Hall–Kier alpha value is -1.01. The van der Waals surface area contributed by atoms with E-state index in [4.69, 9.17) is 5.10 Å². The Morgan fingerprint density at radius 2 is 2.29 bits per heavy atom. The quantitative estimate of drug-likeness (QED) is 0.902. The van der Waals surface area contributed by atoms with Crippen LogP contribution in [0.15, 0.2) is 0 Å². The number of hydrogen-bond acceptors (Lipinski definition) is 5. The predicted molar refractivity (Wildman–Crippen MR) is 67.2 cm³/mol. The zero-order valence-corrected chi connectivity index (χ0v) is 11.0. The van der Waals surface area contributed by atoms with E-state index in [0.29, 0.717) is 0 Å². The van der Waals surface area contributed by atoms with Gasteiger partial charge in [-0.25, -0.2) is 0 Å². The summed E-state index contributed by atoms with van der Waals surface area (Å²) in [6, 6.07) is 0. The van der Waals surface area contributed by atoms with Gasteiger partial charge in [0.25, 0.3) is 0 Å². The molecular weight excluding hydrogens is 234 g/mol. The highest BCUT2D eigenvalue weighted by molar-refractivity contribution is 7.16. The lowest BCUT2D eigenvalue weighted by Gasteiger charge is -2.24. The first-order chi connectivity index (χ1) is 8.29. The van der Waals surface area contributed by atoms with Gasteiger partial charge in [0.15, 0.2) is 5.82 Å². The maximum absolute atomic E-state index is 4.72.